The van der Waals surface area contributed by atoms with Gasteiger partial charge in [-0.1, -0.05) is 11.6 Å². The Morgan fingerprint density at radius 3 is 3.21 bits per heavy atom. The maximum Gasteiger partial charge on any atom is 0.132 e. The highest BCUT2D eigenvalue weighted by atomic mass is 79.9. The number of nitrogens with one attached hydrogen (secondary N) is 1. The second kappa shape index (κ2) is 4.60. The monoisotopic (exact) mass is 274 g/mol. The van der Waals surface area contributed by atoms with Crippen molar-refractivity contribution in [3.8, 4) is 0 Å². The third kappa shape index (κ3) is 2.47. The van der Waals surface area contributed by atoms with Crippen LogP contribution in [0.3, 0.4) is 0 Å². The van der Waals surface area contributed by atoms with E-state index >= 15 is 0 Å². The summed E-state index contributed by atoms with van der Waals surface area (Å²) >= 11 is 9.43. The van der Waals surface area contributed by atoms with Crippen molar-refractivity contribution in [3.05, 3.63) is 27.5 Å². The van der Waals surface area contributed by atoms with E-state index in [2.05, 4.69) is 32.3 Å². The van der Waals surface area contributed by atoms with Crippen LogP contribution in [0, 0.1) is 5.92 Å². The van der Waals surface area contributed by atoms with Gasteiger partial charge in [-0.2, -0.15) is 0 Å². The molecule has 2 heterocycles. The molecule has 0 bridgehead atoms. The predicted octanol–water partition coefficient (Wildman–Crippen LogP) is 2.65. The van der Waals surface area contributed by atoms with Gasteiger partial charge in [0.05, 0.1) is 0 Å². The van der Waals surface area contributed by atoms with E-state index in [1.807, 2.05) is 0 Å². The highest BCUT2D eigenvalue weighted by Gasteiger charge is 2.16. The van der Waals surface area contributed by atoms with Crippen molar-refractivity contribution in [2.75, 3.05) is 13.1 Å². The molecule has 1 fully saturated rings. The van der Waals surface area contributed by atoms with Crippen molar-refractivity contribution >= 4 is 27.5 Å². The Morgan fingerprint density at radius 1 is 1.64 bits per heavy atom. The van der Waals surface area contributed by atoms with E-state index in [-0.39, 0.29) is 0 Å². The molecule has 0 aliphatic carbocycles. The molecule has 0 amide bonds. The van der Waals surface area contributed by atoms with Gasteiger partial charge in [-0.15, -0.1) is 0 Å². The van der Waals surface area contributed by atoms with Gasteiger partial charge in [0.2, 0.25) is 0 Å². The molecule has 0 aromatic carbocycles. The van der Waals surface area contributed by atoms with E-state index in [1.54, 1.807) is 6.20 Å². The quantitative estimate of drug-likeness (QED) is 0.840. The Kier molecular flexibility index (Phi) is 3.42. The van der Waals surface area contributed by atoms with Gasteiger partial charge in [0.25, 0.3) is 0 Å². The van der Waals surface area contributed by atoms with Gasteiger partial charge in [-0.3, -0.25) is 0 Å². The average Bonchev–Trinajstić information content (AvgIpc) is 2.64. The molecule has 0 saturated carbocycles. The van der Waals surface area contributed by atoms with Crippen molar-refractivity contribution in [2.45, 2.75) is 12.8 Å². The minimum atomic E-state index is 0.639. The summed E-state index contributed by atoms with van der Waals surface area (Å²) in [5, 5.41) is 3.99. The normalized spacial score (nSPS) is 21.4. The van der Waals surface area contributed by atoms with Crippen molar-refractivity contribution in [2.24, 2.45) is 5.92 Å². The van der Waals surface area contributed by atoms with Gasteiger partial charge in [0.1, 0.15) is 5.15 Å². The van der Waals surface area contributed by atoms with E-state index in [0.717, 1.165) is 29.5 Å². The minimum absolute atomic E-state index is 0.639. The number of aromatic nitrogens is 1. The maximum atomic E-state index is 6.02. The second-order valence-electron chi connectivity index (χ2n) is 3.67. The molecule has 0 radical (unpaired) electrons. The second-order valence-corrected chi connectivity index (χ2v) is 4.94. The Hall–Kier alpha value is -0.120. The summed E-state index contributed by atoms with van der Waals surface area (Å²) in [6.45, 7) is 2.23. The molecule has 2 nitrogen and oxygen atoms in total. The number of halogens is 2. The van der Waals surface area contributed by atoms with E-state index in [0.29, 0.717) is 11.1 Å². The number of hydrogen-bond donors (Lipinski definition) is 1. The topological polar surface area (TPSA) is 24.9 Å². The van der Waals surface area contributed by atoms with Crippen LogP contribution in [0.2, 0.25) is 5.15 Å². The zero-order chi connectivity index (χ0) is 9.97. The molecule has 1 N–H and O–H groups in total. The van der Waals surface area contributed by atoms with Gasteiger partial charge >= 0.3 is 0 Å². The first kappa shape index (κ1) is 10.4. The van der Waals surface area contributed by atoms with E-state index < -0.39 is 0 Å². The largest absolute Gasteiger partial charge is 0.316 e. The molecule has 4 heteroatoms. The van der Waals surface area contributed by atoms with E-state index in [1.165, 1.54) is 6.42 Å². The van der Waals surface area contributed by atoms with Gasteiger partial charge < -0.3 is 5.32 Å². The summed E-state index contributed by atoms with van der Waals surface area (Å²) in [6.07, 6.45) is 4.00. The number of pyridine rings is 1. The molecule has 1 unspecified atom stereocenters. The summed E-state index contributed by atoms with van der Waals surface area (Å²) in [4.78, 5) is 4.12. The zero-order valence-electron chi connectivity index (χ0n) is 7.76. The first-order valence-corrected chi connectivity index (χ1v) is 5.93. The standard InChI is InChI=1S/C10H12BrClN2/c11-9-4-8(10(12)14-6-9)3-7-1-2-13-5-7/h4,6-7,13H,1-3,5H2. The molecular formula is C10H12BrClN2. The Labute approximate surface area is 97.2 Å². The maximum absolute atomic E-state index is 6.02. The van der Waals surface area contributed by atoms with E-state index in [9.17, 15) is 0 Å². The summed E-state index contributed by atoms with van der Waals surface area (Å²) in [5.74, 6) is 0.712. The molecule has 1 aromatic rings. The van der Waals surface area contributed by atoms with Crippen molar-refractivity contribution in [1.29, 1.82) is 0 Å². The van der Waals surface area contributed by atoms with Gasteiger partial charge in [0.15, 0.2) is 0 Å². The summed E-state index contributed by atoms with van der Waals surface area (Å²) < 4.78 is 1.00. The van der Waals surface area contributed by atoms with Crippen molar-refractivity contribution in [1.82, 2.24) is 10.3 Å². The molecule has 1 aromatic heterocycles. The van der Waals surface area contributed by atoms with Crippen LogP contribution in [0.15, 0.2) is 16.7 Å². The third-order valence-corrected chi connectivity index (χ3v) is 3.32. The van der Waals surface area contributed by atoms with Gasteiger partial charge in [-0.05, 0) is 59.4 Å². The van der Waals surface area contributed by atoms with Crippen LogP contribution in [0.1, 0.15) is 12.0 Å². The lowest BCUT2D eigenvalue weighted by Crippen LogP contribution is -2.11. The lowest BCUT2D eigenvalue weighted by Gasteiger charge is -2.09. The summed E-state index contributed by atoms with van der Waals surface area (Å²) in [6, 6.07) is 2.06. The molecule has 1 aliphatic rings. The number of nitrogens with zero attached hydrogens (tertiary/aromatic N) is 1. The fourth-order valence-electron chi connectivity index (χ4n) is 1.81. The molecule has 0 spiro atoms. The minimum Gasteiger partial charge on any atom is -0.316 e. The van der Waals surface area contributed by atoms with E-state index in [4.69, 9.17) is 11.6 Å². The highest BCUT2D eigenvalue weighted by molar-refractivity contribution is 9.10. The fourth-order valence-corrected chi connectivity index (χ4v) is 2.37. The SMILES string of the molecule is Clc1ncc(Br)cc1CC1CCNC1. The summed E-state index contributed by atoms with van der Waals surface area (Å²) in [7, 11) is 0. The first-order chi connectivity index (χ1) is 6.75. The molecular weight excluding hydrogens is 263 g/mol. The number of rotatable bonds is 2. The molecule has 1 saturated heterocycles. The average molecular weight is 276 g/mol. The molecule has 14 heavy (non-hydrogen) atoms. The van der Waals surface area contributed by atoms with Crippen LogP contribution in [-0.4, -0.2) is 18.1 Å². The number of hydrogen-bond acceptors (Lipinski definition) is 2. The smallest absolute Gasteiger partial charge is 0.132 e. The lowest BCUT2D eigenvalue weighted by molar-refractivity contribution is 0.579. The van der Waals surface area contributed by atoms with Crippen molar-refractivity contribution in [3.63, 3.8) is 0 Å². The van der Waals surface area contributed by atoms with Gasteiger partial charge in [-0.25, -0.2) is 4.98 Å². The Morgan fingerprint density at radius 2 is 2.50 bits per heavy atom. The molecule has 2 rings (SSSR count). The van der Waals surface area contributed by atoms with Crippen LogP contribution in [0.5, 0.6) is 0 Å². The highest BCUT2D eigenvalue weighted by Crippen LogP contribution is 2.23. The first-order valence-electron chi connectivity index (χ1n) is 4.76. The molecule has 1 atom stereocenters. The van der Waals surface area contributed by atoms with Crippen LogP contribution in [0.25, 0.3) is 0 Å². The van der Waals surface area contributed by atoms with Crippen molar-refractivity contribution < 1.29 is 0 Å². The zero-order valence-corrected chi connectivity index (χ0v) is 10.1. The predicted molar refractivity (Wildman–Crippen MR) is 61.6 cm³/mol. The Bertz CT molecular complexity index is 324. The van der Waals surface area contributed by atoms with Crippen LogP contribution < -0.4 is 5.32 Å². The van der Waals surface area contributed by atoms with Crippen LogP contribution in [-0.2, 0) is 6.42 Å². The van der Waals surface area contributed by atoms with Crippen LogP contribution in [0.4, 0.5) is 0 Å². The molecule has 76 valence electrons. The fraction of sp³-hybridized carbons (Fsp3) is 0.500. The Balaban J connectivity index is 2.10. The molecule has 1 aliphatic heterocycles. The van der Waals surface area contributed by atoms with Gasteiger partial charge in [0, 0.05) is 10.7 Å². The van der Waals surface area contributed by atoms with Crippen LogP contribution >= 0.6 is 27.5 Å². The summed E-state index contributed by atoms with van der Waals surface area (Å²) in [5.41, 5.74) is 1.15. The third-order valence-electron chi connectivity index (χ3n) is 2.55. The lowest BCUT2D eigenvalue weighted by atomic mass is 10.0.